The van der Waals surface area contributed by atoms with Crippen molar-refractivity contribution in [2.75, 3.05) is 20.1 Å². The van der Waals surface area contributed by atoms with Gasteiger partial charge < -0.3 is 10.6 Å². The van der Waals surface area contributed by atoms with Gasteiger partial charge in [-0.2, -0.15) is 0 Å². The molecule has 1 fully saturated rings. The van der Waals surface area contributed by atoms with Gasteiger partial charge in [-0.1, -0.05) is 13.3 Å². The molecule has 2 nitrogen and oxygen atoms in total. The summed E-state index contributed by atoms with van der Waals surface area (Å²) in [5.41, 5.74) is 5.48. The molecule has 1 rings (SSSR count). The van der Waals surface area contributed by atoms with Gasteiger partial charge in [-0.05, 0) is 45.3 Å². The lowest BCUT2D eigenvalue weighted by molar-refractivity contribution is 0.205. The maximum absolute atomic E-state index is 5.48. The second-order valence-electron chi connectivity index (χ2n) is 4.10. The summed E-state index contributed by atoms with van der Waals surface area (Å²) in [6.07, 6.45) is 5.36. The molecule has 0 heterocycles. The summed E-state index contributed by atoms with van der Waals surface area (Å²) >= 11 is 0. The maximum Gasteiger partial charge on any atom is 0.0118 e. The Morgan fingerprint density at radius 2 is 2.17 bits per heavy atom. The first-order chi connectivity index (χ1) is 5.75. The van der Waals surface area contributed by atoms with Crippen molar-refractivity contribution in [1.82, 2.24) is 4.90 Å². The Labute approximate surface area is 76.1 Å². The van der Waals surface area contributed by atoms with Crippen molar-refractivity contribution in [2.45, 2.75) is 38.6 Å². The predicted molar refractivity (Wildman–Crippen MR) is 53.1 cm³/mol. The van der Waals surface area contributed by atoms with Crippen LogP contribution in [0.5, 0.6) is 0 Å². The molecule has 2 atom stereocenters. The smallest absolute Gasteiger partial charge is 0.0118 e. The molecule has 0 aromatic heterocycles. The molecule has 0 spiro atoms. The molecule has 1 aliphatic carbocycles. The molecule has 0 aromatic rings. The van der Waals surface area contributed by atoms with Crippen LogP contribution in [0.4, 0.5) is 0 Å². The van der Waals surface area contributed by atoms with Gasteiger partial charge in [0.1, 0.15) is 0 Å². The highest BCUT2D eigenvalue weighted by atomic mass is 15.1. The second-order valence-corrected chi connectivity index (χ2v) is 4.10. The van der Waals surface area contributed by atoms with Crippen molar-refractivity contribution in [1.29, 1.82) is 0 Å². The van der Waals surface area contributed by atoms with Gasteiger partial charge in [-0.25, -0.2) is 0 Å². The average molecular weight is 170 g/mol. The molecule has 12 heavy (non-hydrogen) atoms. The minimum atomic E-state index is 0.825. The first kappa shape index (κ1) is 10.0. The minimum Gasteiger partial charge on any atom is -0.330 e. The highest BCUT2D eigenvalue weighted by molar-refractivity contribution is 4.81. The zero-order valence-electron chi connectivity index (χ0n) is 8.42. The minimum absolute atomic E-state index is 0.825. The van der Waals surface area contributed by atoms with Crippen molar-refractivity contribution < 1.29 is 0 Å². The number of hydrogen-bond acceptors (Lipinski definition) is 2. The van der Waals surface area contributed by atoms with Gasteiger partial charge in [0.2, 0.25) is 0 Å². The molecule has 72 valence electrons. The number of nitrogens with zero attached hydrogens (tertiary/aromatic N) is 1. The molecule has 2 unspecified atom stereocenters. The van der Waals surface area contributed by atoms with E-state index in [4.69, 9.17) is 5.73 Å². The lowest BCUT2D eigenvalue weighted by Gasteiger charge is -2.27. The number of rotatable bonds is 4. The third kappa shape index (κ3) is 2.46. The molecule has 0 amide bonds. The molecular weight excluding hydrogens is 148 g/mol. The van der Waals surface area contributed by atoms with Gasteiger partial charge in [0.05, 0.1) is 0 Å². The van der Waals surface area contributed by atoms with E-state index in [2.05, 4.69) is 18.9 Å². The Kier molecular flexibility index (Phi) is 4.02. The Bertz CT molecular complexity index is 125. The van der Waals surface area contributed by atoms with Crippen LogP contribution in [0.2, 0.25) is 0 Å². The summed E-state index contributed by atoms with van der Waals surface area (Å²) in [6, 6.07) is 0.830. The van der Waals surface area contributed by atoms with Crippen molar-refractivity contribution in [2.24, 2.45) is 11.7 Å². The quantitative estimate of drug-likeness (QED) is 0.692. The summed E-state index contributed by atoms with van der Waals surface area (Å²) in [5.74, 6) is 0.896. The summed E-state index contributed by atoms with van der Waals surface area (Å²) in [7, 11) is 2.24. The topological polar surface area (TPSA) is 29.3 Å². The number of hydrogen-bond donors (Lipinski definition) is 1. The Hall–Kier alpha value is -0.0800. The lowest BCUT2D eigenvalue weighted by Crippen LogP contribution is -2.34. The first-order valence-electron chi connectivity index (χ1n) is 5.16. The summed E-state index contributed by atoms with van der Waals surface area (Å²) < 4.78 is 0. The van der Waals surface area contributed by atoms with Crippen LogP contribution in [0.1, 0.15) is 32.6 Å². The van der Waals surface area contributed by atoms with E-state index in [-0.39, 0.29) is 0 Å². The summed E-state index contributed by atoms with van der Waals surface area (Å²) in [4.78, 5) is 2.49. The van der Waals surface area contributed by atoms with E-state index < -0.39 is 0 Å². The molecule has 0 aromatic carbocycles. The zero-order valence-corrected chi connectivity index (χ0v) is 8.42. The van der Waals surface area contributed by atoms with E-state index in [1.54, 1.807) is 0 Å². The van der Waals surface area contributed by atoms with E-state index in [1.165, 1.54) is 25.8 Å². The zero-order chi connectivity index (χ0) is 8.97. The fourth-order valence-corrected chi connectivity index (χ4v) is 2.29. The average Bonchev–Trinajstić information content (AvgIpc) is 2.47. The predicted octanol–water partition coefficient (Wildman–Crippen LogP) is 1.46. The van der Waals surface area contributed by atoms with E-state index in [1.807, 2.05) is 0 Å². The first-order valence-corrected chi connectivity index (χ1v) is 5.16. The molecule has 2 N–H and O–H groups in total. The maximum atomic E-state index is 5.48. The highest BCUT2D eigenvalue weighted by Gasteiger charge is 2.25. The normalized spacial score (nSPS) is 30.0. The standard InChI is InChI=1S/C10H22N2/c1-9-5-3-6-10(9)12(2)8-4-7-11/h9-10H,3-8,11H2,1-2H3. The van der Waals surface area contributed by atoms with Crippen molar-refractivity contribution >= 4 is 0 Å². The van der Waals surface area contributed by atoms with Gasteiger partial charge in [-0.3, -0.25) is 0 Å². The molecule has 1 saturated carbocycles. The van der Waals surface area contributed by atoms with E-state index in [0.717, 1.165) is 24.9 Å². The Morgan fingerprint density at radius 1 is 1.42 bits per heavy atom. The van der Waals surface area contributed by atoms with Crippen molar-refractivity contribution in [3.63, 3.8) is 0 Å². The molecule has 0 saturated heterocycles. The van der Waals surface area contributed by atoms with E-state index in [9.17, 15) is 0 Å². The highest BCUT2D eigenvalue weighted by Crippen LogP contribution is 2.28. The fourth-order valence-electron chi connectivity index (χ4n) is 2.29. The van der Waals surface area contributed by atoms with Crippen LogP contribution in [-0.4, -0.2) is 31.1 Å². The van der Waals surface area contributed by atoms with Crippen LogP contribution >= 0.6 is 0 Å². The van der Waals surface area contributed by atoms with Crippen molar-refractivity contribution in [3.05, 3.63) is 0 Å². The van der Waals surface area contributed by atoms with Crippen LogP contribution in [0.3, 0.4) is 0 Å². The van der Waals surface area contributed by atoms with Crippen LogP contribution in [0.15, 0.2) is 0 Å². The molecule has 1 aliphatic rings. The second kappa shape index (κ2) is 4.83. The van der Waals surface area contributed by atoms with Gasteiger partial charge >= 0.3 is 0 Å². The third-order valence-electron chi connectivity index (χ3n) is 3.10. The monoisotopic (exact) mass is 170 g/mol. The summed E-state index contributed by atoms with van der Waals surface area (Å²) in [5, 5.41) is 0. The van der Waals surface area contributed by atoms with Gasteiger partial charge in [0.25, 0.3) is 0 Å². The molecular formula is C10H22N2. The van der Waals surface area contributed by atoms with Gasteiger partial charge in [-0.15, -0.1) is 0 Å². The van der Waals surface area contributed by atoms with Crippen LogP contribution in [0.25, 0.3) is 0 Å². The summed E-state index contributed by atoms with van der Waals surface area (Å²) in [6.45, 7) is 4.37. The van der Waals surface area contributed by atoms with E-state index in [0.29, 0.717) is 0 Å². The van der Waals surface area contributed by atoms with Crippen LogP contribution < -0.4 is 5.73 Å². The van der Waals surface area contributed by atoms with E-state index >= 15 is 0 Å². The van der Waals surface area contributed by atoms with Gasteiger partial charge in [0.15, 0.2) is 0 Å². The molecule has 0 bridgehead atoms. The fraction of sp³-hybridized carbons (Fsp3) is 1.00. The molecule has 2 heteroatoms. The third-order valence-corrected chi connectivity index (χ3v) is 3.10. The molecule has 0 radical (unpaired) electrons. The Balaban J connectivity index is 2.25. The number of nitrogens with two attached hydrogens (primary N) is 1. The van der Waals surface area contributed by atoms with Crippen molar-refractivity contribution in [3.8, 4) is 0 Å². The lowest BCUT2D eigenvalue weighted by atomic mass is 10.1. The van der Waals surface area contributed by atoms with Gasteiger partial charge in [0, 0.05) is 6.04 Å². The van der Waals surface area contributed by atoms with Crippen LogP contribution in [0, 0.1) is 5.92 Å². The SMILES string of the molecule is CC1CCCC1N(C)CCCN. The molecule has 0 aliphatic heterocycles. The Morgan fingerprint density at radius 3 is 2.67 bits per heavy atom. The van der Waals surface area contributed by atoms with Crippen LogP contribution in [-0.2, 0) is 0 Å². The largest absolute Gasteiger partial charge is 0.330 e.